The van der Waals surface area contributed by atoms with Crippen LogP contribution in [0.2, 0.25) is 0 Å². The maximum Gasteiger partial charge on any atom is 0.213 e. The largest absolute Gasteiger partial charge is 0.492 e. The lowest BCUT2D eigenvalue weighted by Gasteiger charge is -2.35. The lowest BCUT2D eigenvalue weighted by atomic mass is 9.77. The Kier molecular flexibility index (Phi) is 4.88. The van der Waals surface area contributed by atoms with Gasteiger partial charge in [0.2, 0.25) is 5.88 Å². The number of aromatic nitrogens is 3. The minimum Gasteiger partial charge on any atom is -0.492 e. The van der Waals surface area contributed by atoms with Crippen LogP contribution in [0.4, 0.5) is 0 Å². The Hall–Kier alpha value is -2.08. The predicted octanol–water partition coefficient (Wildman–Crippen LogP) is 3.21. The van der Waals surface area contributed by atoms with Crippen molar-refractivity contribution >= 4 is 0 Å². The van der Waals surface area contributed by atoms with Crippen LogP contribution in [-0.2, 0) is 4.74 Å². The minimum atomic E-state index is 0.402. The van der Waals surface area contributed by atoms with Crippen LogP contribution < -0.4 is 9.47 Å². The van der Waals surface area contributed by atoms with Crippen molar-refractivity contribution in [1.82, 2.24) is 14.8 Å². The Balaban J connectivity index is 1.44. The van der Waals surface area contributed by atoms with Crippen LogP contribution in [0.1, 0.15) is 43.3 Å². The first-order chi connectivity index (χ1) is 12.3. The zero-order valence-electron chi connectivity index (χ0n) is 14.6. The lowest BCUT2D eigenvalue weighted by molar-refractivity contribution is -0.0310. The fourth-order valence-corrected chi connectivity index (χ4v) is 3.86. The zero-order chi connectivity index (χ0) is 17.1. The fourth-order valence-electron chi connectivity index (χ4n) is 3.86. The van der Waals surface area contributed by atoms with E-state index >= 15 is 0 Å². The van der Waals surface area contributed by atoms with E-state index in [4.69, 9.17) is 14.2 Å². The number of ether oxygens (including phenoxy) is 3. The molecule has 4 rings (SSSR count). The Morgan fingerprint density at radius 2 is 2.08 bits per heavy atom. The van der Waals surface area contributed by atoms with Crippen LogP contribution in [-0.4, -0.2) is 41.7 Å². The molecule has 3 heterocycles. The van der Waals surface area contributed by atoms with E-state index < -0.39 is 0 Å². The maximum atomic E-state index is 6.04. The van der Waals surface area contributed by atoms with E-state index in [1.54, 1.807) is 13.3 Å². The van der Waals surface area contributed by atoms with Gasteiger partial charge in [0.25, 0.3) is 0 Å². The van der Waals surface area contributed by atoms with Crippen LogP contribution in [0.3, 0.4) is 0 Å². The third kappa shape index (κ3) is 3.49. The third-order valence-electron chi connectivity index (χ3n) is 5.34. The number of rotatable bonds is 6. The van der Waals surface area contributed by atoms with Crippen molar-refractivity contribution in [3.05, 3.63) is 36.3 Å². The molecule has 6 heteroatoms. The molecule has 1 aliphatic heterocycles. The van der Waals surface area contributed by atoms with E-state index in [9.17, 15) is 0 Å². The van der Waals surface area contributed by atoms with Crippen molar-refractivity contribution in [3.63, 3.8) is 0 Å². The van der Waals surface area contributed by atoms with Gasteiger partial charge in [-0.15, -0.1) is 0 Å². The number of hydrogen-bond acceptors (Lipinski definition) is 5. The third-order valence-corrected chi connectivity index (χ3v) is 5.34. The molecule has 1 aliphatic carbocycles. The first kappa shape index (κ1) is 16.4. The Morgan fingerprint density at radius 1 is 1.20 bits per heavy atom. The second-order valence-corrected chi connectivity index (χ2v) is 6.89. The van der Waals surface area contributed by atoms with Gasteiger partial charge in [0.05, 0.1) is 39.2 Å². The maximum absolute atomic E-state index is 6.04. The predicted molar refractivity (Wildman–Crippen MR) is 93.1 cm³/mol. The summed E-state index contributed by atoms with van der Waals surface area (Å²) >= 11 is 0. The van der Waals surface area contributed by atoms with Gasteiger partial charge in [-0.25, -0.2) is 4.98 Å². The first-order valence-corrected chi connectivity index (χ1v) is 9.09. The normalized spacial score (nSPS) is 23.9. The summed E-state index contributed by atoms with van der Waals surface area (Å²) in [6, 6.07) is 6.33. The number of methoxy groups -OCH3 is 1. The molecule has 0 aromatic carbocycles. The molecule has 0 spiro atoms. The monoisotopic (exact) mass is 343 g/mol. The minimum absolute atomic E-state index is 0.402. The van der Waals surface area contributed by atoms with Gasteiger partial charge in [0.1, 0.15) is 5.75 Å². The first-order valence-electron chi connectivity index (χ1n) is 9.09. The molecule has 25 heavy (non-hydrogen) atoms. The molecule has 134 valence electrons. The molecular weight excluding hydrogens is 318 g/mol. The summed E-state index contributed by atoms with van der Waals surface area (Å²) in [7, 11) is 1.62. The highest BCUT2D eigenvalue weighted by Crippen LogP contribution is 2.39. The molecule has 2 fully saturated rings. The summed E-state index contributed by atoms with van der Waals surface area (Å²) in [4.78, 5) is 4.21. The number of hydrogen-bond donors (Lipinski definition) is 0. The van der Waals surface area contributed by atoms with Crippen molar-refractivity contribution in [1.29, 1.82) is 0 Å². The van der Waals surface area contributed by atoms with E-state index in [0.717, 1.165) is 19.0 Å². The van der Waals surface area contributed by atoms with E-state index in [0.29, 0.717) is 30.4 Å². The SMILES string of the molecule is COc1ccc(OCC2CCCCC2c2ccnn2C2COC2)cn1. The van der Waals surface area contributed by atoms with Gasteiger partial charge in [-0.3, -0.25) is 4.68 Å². The molecule has 2 aliphatic rings. The standard InChI is InChI=1S/C19H25N3O3/c1-23-19-7-6-16(10-20-19)25-11-14-4-2-3-5-17(14)18-8-9-21-22(18)15-12-24-13-15/h6-10,14-15,17H,2-5,11-13H2,1H3. The van der Waals surface area contributed by atoms with Crippen LogP contribution in [0, 0.1) is 5.92 Å². The molecule has 2 unspecified atom stereocenters. The van der Waals surface area contributed by atoms with Gasteiger partial charge >= 0.3 is 0 Å². The van der Waals surface area contributed by atoms with Crippen LogP contribution in [0.25, 0.3) is 0 Å². The van der Waals surface area contributed by atoms with Crippen molar-refractivity contribution in [3.8, 4) is 11.6 Å². The summed E-state index contributed by atoms with van der Waals surface area (Å²) < 4.78 is 18.7. The molecule has 6 nitrogen and oxygen atoms in total. The summed E-state index contributed by atoms with van der Waals surface area (Å²) in [6.45, 7) is 2.27. The van der Waals surface area contributed by atoms with Crippen LogP contribution in [0.15, 0.2) is 30.6 Å². The molecular formula is C19H25N3O3. The van der Waals surface area contributed by atoms with Gasteiger partial charge in [0.15, 0.2) is 0 Å². The van der Waals surface area contributed by atoms with E-state index in [1.807, 2.05) is 18.3 Å². The summed E-state index contributed by atoms with van der Waals surface area (Å²) in [5.41, 5.74) is 1.34. The molecule has 0 N–H and O–H groups in total. The summed E-state index contributed by atoms with van der Waals surface area (Å²) in [6.07, 6.45) is 8.60. The van der Waals surface area contributed by atoms with E-state index in [1.165, 1.54) is 31.4 Å². The Labute approximate surface area is 148 Å². The smallest absolute Gasteiger partial charge is 0.213 e. The van der Waals surface area contributed by atoms with Gasteiger partial charge in [-0.05, 0) is 25.0 Å². The highest BCUT2D eigenvalue weighted by atomic mass is 16.5. The average molecular weight is 343 g/mol. The zero-order valence-corrected chi connectivity index (χ0v) is 14.6. The highest BCUT2D eigenvalue weighted by molar-refractivity contribution is 5.23. The second-order valence-electron chi connectivity index (χ2n) is 6.89. The molecule has 1 saturated heterocycles. The molecule has 0 amide bonds. The van der Waals surface area contributed by atoms with Gasteiger partial charge in [-0.1, -0.05) is 12.8 Å². The summed E-state index contributed by atoms with van der Waals surface area (Å²) in [5.74, 6) is 2.41. The number of nitrogens with zero attached hydrogens (tertiary/aromatic N) is 3. The Morgan fingerprint density at radius 3 is 2.80 bits per heavy atom. The molecule has 0 bridgehead atoms. The van der Waals surface area contributed by atoms with Crippen molar-refractivity contribution < 1.29 is 14.2 Å². The molecule has 2 aromatic heterocycles. The highest BCUT2D eigenvalue weighted by Gasteiger charge is 2.32. The average Bonchev–Trinajstić information content (AvgIpc) is 3.08. The molecule has 2 atom stereocenters. The van der Waals surface area contributed by atoms with Crippen molar-refractivity contribution in [2.24, 2.45) is 5.92 Å². The van der Waals surface area contributed by atoms with Crippen LogP contribution in [0.5, 0.6) is 11.6 Å². The quantitative estimate of drug-likeness (QED) is 0.806. The second kappa shape index (κ2) is 7.44. The molecule has 0 radical (unpaired) electrons. The van der Waals surface area contributed by atoms with Gasteiger partial charge in [0, 0.05) is 29.8 Å². The number of pyridine rings is 1. The van der Waals surface area contributed by atoms with E-state index in [2.05, 4.69) is 20.8 Å². The van der Waals surface area contributed by atoms with Gasteiger partial charge < -0.3 is 14.2 Å². The fraction of sp³-hybridized carbons (Fsp3) is 0.579. The van der Waals surface area contributed by atoms with E-state index in [-0.39, 0.29) is 0 Å². The van der Waals surface area contributed by atoms with Gasteiger partial charge in [-0.2, -0.15) is 5.10 Å². The lowest BCUT2D eigenvalue weighted by Crippen LogP contribution is -2.34. The van der Waals surface area contributed by atoms with Crippen molar-refractivity contribution in [2.45, 2.75) is 37.6 Å². The topological polar surface area (TPSA) is 58.4 Å². The summed E-state index contributed by atoms with van der Waals surface area (Å²) in [5, 5.41) is 4.56. The molecule has 1 saturated carbocycles. The van der Waals surface area contributed by atoms with Crippen LogP contribution >= 0.6 is 0 Å². The molecule has 2 aromatic rings. The van der Waals surface area contributed by atoms with Crippen molar-refractivity contribution in [2.75, 3.05) is 26.9 Å². The Bertz CT molecular complexity index is 681.